The highest BCUT2D eigenvalue weighted by Gasteiger charge is 2.48. The minimum atomic E-state index is -0.913. The molecule has 0 heterocycles. The van der Waals surface area contributed by atoms with E-state index in [1.807, 2.05) is 63.2 Å². The Hall–Kier alpha value is -3.06. The molecule has 1 aliphatic rings. The zero-order valence-corrected chi connectivity index (χ0v) is 24.1. The molecule has 2 N–H and O–H groups in total. The number of carbonyl (C=O) groups excluding carboxylic acids is 3. The summed E-state index contributed by atoms with van der Waals surface area (Å²) in [7, 11) is 0. The fourth-order valence-electron chi connectivity index (χ4n) is 4.55. The van der Waals surface area contributed by atoms with E-state index in [1.165, 1.54) is 0 Å². The van der Waals surface area contributed by atoms with Crippen molar-refractivity contribution in [1.82, 2.24) is 10.2 Å². The number of aryl methyl sites for hydroxylation is 1. The Balaban J connectivity index is 2.02. The van der Waals surface area contributed by atoms with E-state index in [9.17, 15) is 14.4 Å². The van der Waals surface area contributed by atoms with Crippen LogP contribution in [0.2, 0.25) is 5.02 Å². The van der Waals surface area contributed by atoms with Crippen molar-refractivity contribution < 1.29 is 19.1 Å². The van der Waals surface area contributed by atoms with E-state index in [0.717, 1.165) is 12.0 Å². The van der Waals surface area contributed by atoms with Gasteiger partial charge in [-0.05, 0) is 69.6 Å². The third-order valence-electron chi connectivity index (χ3n) is 6.49. The molecule has 38 heavy (non-hydrogen) atoms. The number of hydrogen-bond donors (Lipinski definition) is 2. The molecule has 4 unspecified atom stereocenters. The zero-order valence-electron chi connectivity index (χ0n) is 23.4. The maximum Gasteiger partial charge on any atom is 0.408 e. The standard InChI is InChI=1S/C30H40ClN3O4/c1-18(2)16-23(32-29(37)38-30(5,6)7)28(36)34(24-17-20(24)4)26(21-13-9-8-10-14-21)27(35)33-25-19(3)12-11-15-22(25)31/h8-15,18,20,23-24,26H,16-17H2,1-7H3,(H,32,37)(H,33,35). The van der Waals surface area contributed by atoms with Crippen molar-refractivity contribution in [3.63, 3.8) is 0 Å². The van der Waals surface area contributed by atoms with Crippen LogP contribution in [0.5, 0.6) is 0 Å². The van der Waals surface area contributed by atoms with Gasteiger partial charge in [0.1, 0.15) is 17.7 Å². The van der Waals surface area contributed by atoms with E-state index in [2.05, 4.69) is 17.6 Å². The summed E-state index contributed by atoms with van der Waals surface area (Å²) in [5, 5.41) is 6.20. The first kappa shape index (κ1) is 29.5. The van der Waals surface area contributed by atoms with Crippen LogP contribution < -0.4 is 10.6 Å². The monoisotopic (exact) mass is 541 g/mol. The smallest absolute Gasteiger partial charge is 0.408 e. The first-order chi connectivity index (χ1) is 17.8. The lowest BCUT2D eigenvalue weighted by Crippen LogP contribution is -2.53. The first-order valence-corrected chi connectivity index (χ1v) is 13.6. The molecule has 1 aliphatic carbocycles. The number of ether oxygens (including phenoxy) is 1. The van der Waals surface area contributed by atoms with Crippen LogP contribution in [0.25, 0.3) is 0 Å². The predicted octanol–water partition coefficient (Wildman–Crippen LogP) is 6.50. The van der Waals surface area contributed by atoms with Gasteiger partial charge < -0.3 is 20.3 Å². The van der Waals surface area contributed by atoms with E-state index in [0.29, 0.717) is 22.7 Å². The molecule has 0 bridgehead atoms. The van der Waals surface area contributed by atoms with Gasteiger partial charge >= 0.3 is 6.09 Å². The summed E-state index contributed by atoms with van der Waals surface area (Å²) in [5.41, 5.74) is 1.31. The Bertz CT molecular complexity index is 1130. The SMILES string of the molecule is Cc1cccc(Cl)c1NC(=O)C(c1ccccc1)N(C(=O)C(CC(C)C)NC(=O)OC(C)(C)C)C1CC1C. The topological polar surface area (TPSA) is 87.7 Å². The summed E-state index contributed by atoms with van der Waals surface area (Å²) >= 11 is 6.43. The van der Waals surface area contributed by atoms with Crippen molar-refractivity contribution in [1.29, 1.82) is 0 Å². The fourth-order valence-corrected chi connectivity index (χ4v) is 4.82. The second kappa shape index (κ2) is 12.2. The number of carbonyl (C=O) groups is 3. The number of anilines is 1. The van der Waals surface area contributed by atoms with Gasteiger partial charge in [-0.15, -0.1) is 0 Å². The highest BCUT2D eigenvalue weighted by molar-refractivity contribution is 6.34. The molecule has 4 atom stereocenters. The summed E-state index contributed by atoms with van der Waals surface area (Å²) < 4.78 is 5.46. The molecule has 3 rings (SSSR count). The van der Waals surface area contributed by atoms with E-state index in [1.54, 1.807) is 31.7 Å². The molecule has 7 nitrogen and oxygen atoms in total. The molecule has 206 valence electrons. The normalized spacial score (nSPS) is 18.3. The number of nitrogens with zero attached hydrogens (tertiary/aromatic N) is 1. The van der Waals surface area contributed by atoms with Gasteiger partial charge in [0.05, 0.1) is 10.7 Å². The summed E-state index contributed by atoms with van der Waals surface area (Å²) in [6, 6.07) is 12.8. The van der Waals surface area contributed by atoms with E-state index in [4.69, 9.17) is 16.3 Å². The third-order valence-corrected chi connectivity index (χ3v) is 6.80. The van der Waals surface area contributed by atoms with E-state index < -0.39 is 23.8 Å². The van der Waals surface area contributed by atoms with Crippen LogP contribution >= 0.6 is 11.6 Å². The first-order valence-electron chi connectivity index (χ1n) is 13.2. The number of para-hydroxylation sites is 1. The van der Waals surface area contributed by atoms with Crippen LogP contribution in [0.1, 0.15) is 71.6 Å². The maximum atomic E-state index is 14.3. The van der Waals surface area contributed by atoms with Gasteiger partial charge in [-0.3, -0.25) is 9.59 Å². The average Bonchev–Trinajstić information content (AvgIpc) is 3.53. The van der Waals surface area contributed by atoms with Gasteiger partial charge in [-0.2, -0.15) is 0 Å². The third kappa shape index (κ3) is 7.73. The maximum absolute atomic E-state index is 14.3. The predicted molar refractivity (Wildman–Crippen MR) is 151 cm³/mol. The molecule has 8 heteroatoms. The van der Waals surface area contributed by atoms with E-state index >= 15 is 0 Å². The Morgan fingerprint density at radius 2 is 1.71 bits per heavy atom. The second-order valence-electron chi connectivity index (χ2n) is 11.6. The summed E-state index contributed by atoms with van der Waals surface area (Å²) in [4.78, 5) is 42.6. The van der Waals surface area contributed by atoms with Gasteiger partial charge in [0, 0.05) is 6.04 Å². The van der Waals surface area contributed by atoms with Crippen LogP contribution in [-0.2, 0) is 14.3 Å². The van der Waals surface area contributed by atoms with Gasteiger partial charge in [-0.25, -0.2) is 4.79 Å². The van der Waals surface area contributed by atoms with Crippen LogP contribution in [0.4, 0.5) is 10.5 Å². The van der Waals surface area contributed by atoms with Crippen molar-refractivity contribution in [2.24, 2.45) is 11.8 Å². The van der Waals surface area contributed by atoms with Crippen LogP contribution in [0.3, 0.4) is 0 Å². The van der Waals surface area contributed by atoms with Crippen molar-refractivity contribution in [2.45, 2.75) is 85.0 Å². The highest BCUT2D eigenvalue weighted by Crippen LogP contribution is 2.41. The number of nitrogens with one attached hydrogen (secondary N) is 2. The Labute approximate surface area is 231 Å². The molecule has 1 fully saturated rings. The lowest BCUT2D eigenvalue weighted by atomic mass is 9.98. The highest BCUT2D eigenvalue weighted by atomic mass is 35.5. The molecular weight excluding hydrogens is 502 g/mol. The summed E-state index contributed by atoms with van der Waals surface area (Å²) in [6.45, 7) is 13.2. The molecule has 1 saturated carbocycles. The molecule has 2 aromatic rings. The van der Waals surface area contributed by atoms with Crippen LogP contribution in [0, 0.1) is 18.8 Å². The zero-order chi connectivity index (χ0) is 28.2. The summed E-state index contributed by atoms with van der Waals surface area (Å²) in [5.74, 6) is -0.326. The lowest BCUT2D eigenvalue weighted by molar-refractivity contribution is -0.142. The van der Waals surface area contributed by atoms with Gasteiger partial charge in [0.25, 0.3) is 5.91 Å². The Morgan fingerprint density at radius 3 is 2.24 bits per heavy atom. The molecule has 2 aromatic carbocycles. The number of rotatable bonds is 9. The number of halogens is 1. The Morgan fingerprint density at radius 1 is 1.08 bits per heavy atom. The number of benzene rings is 2. The van der Waals surface area contributed by atoms with Crippen molar-refractivity contribution in [3.05, 3.63) is 64.7 Å². The number of hydrogen-bond acceptors (Lipinski definition) is 4. The molecule has 0 spiro atoms. The molecule has 0 radical (unpaired) electrons. The molecule has 0 aromatic heterocycles. The number of amides is 3. The van der Waals surface area contributed by atoms with Crippen LogP contribution in [0.15, 0.2) is 48.5 Å². The lowest BCUT2D eigenvalue weighted by Gasteiger charge is -2.35. The summed E-state index contributed by atoms with van der Waals surface area (Å²) in [6.07, 6.45) is 0.518. The quantitative estimate of drug-likeness (QED) is 0.379. The average molecular weight is 542 g/mol. The van der Waals surface area contributed by atoms with E-state index in [-0.39, 0.29) is 29.7 Å². The molecular formula is C30H40ClN3O4. The second-order valence-corrected chi connectivity index (χ2v) is 12.0. The van der Waals surface area contributed by atoms with Crippen LogP contribution in [-0.4, -0.2) is 40.5 Å². The minimum absolute atomic E-state index is 0.118. The molecule has 3 amide bonds. The van der Waals surface area contributed by atoms with Gasteiger partial charge in [-0.1, -0.05) is 74.8 Å². The fraction of sp³-hybridized carbons (Fsp3) is 0.500. The largest absolute Gasteiger partial charge is 0.444 e. The molecule has 0 aliphatic heterocycles. The van der Waals surface area contributed by atoms with Crippen molar-refractivity contribution in [3.8, 4) is 0 Å². The number of alkyl carbamates (subject to hydrolysis) is 1. The molecule has 0 saturated heterocycles. The van der Waals surface area contributed by atoms with Crippen molar-refractivity contribution in [2.75, 3.05) is 5.32 Å². The minimum Gasteiger partial charge on any atom is -0.444 e. The Kier molecular flexibility index (Phi) is 9.47. The van der Waals surface area contributed by atoms with Gasteiger partial charge in [0.2, 0.25) is 5.91 Å². The van der Waals surface area contributed by atoms with Gasteiger partial charge in [0.15, 0.2) is 0 Å². The van der Waals surface area contributed by atoms with Crippen molar-refractivity contribution >= 4 is 35.2 Å².